The van der Waals surface area contributed by atoms with E-state index in [-0.39, 0.29) is 11.4 Å². The Hall–Kier alpha value is -1.35. The van der Waals surface area contributed by atoms with Crippen LogP contribution in [-0.2, 0) is 13.5 Å². The summed E-state index contributed by atoms with van der Waals surface area (Å²) in [6.07, 6.45) is 0.921. The van der Waals surface area contributed by atoms with Gasteiger partial charge in [-0.1, -0.05) is 12.1 Å². The molecule has 1 heterocycles. The van der Waals surface area contributed by atoms with Crippen LogP contribution in [0.5, 0.6) is 0 Å². The van der Waals surface area contributed by atoms with E-state index in [0.717, 1.165) is 24.0 Å². The summed E-state index contributed by atoms with van der Waals surface area (Å²) in [5.41, 5.74) is 3.22. The predicted molar refractivity (Wildman–Crippen MR) is 79.1 cm³/mol. The first kappa shape index (κ1) is 14.1. The molecule has 0 atom stereocenters. The van der Waals surface area contributed by atoms with Crippen LogP contribution in [0, 0.1) is 12.7 Å². The second-order valence-electron chi connectivity index (χ2n) is 6.19. The maximum atomic E-state index is 13.9. The molecule has 104 valence electrons. The van der Waals surface area contributed by atoms with E-state index in [0.29, 0.717) is 5.52 Å². The maximum absolute atomic E-state index is 13.9. The van der Waals surface area contributed by atoms with Gasteiger partial charge in [0.2, 0.25) is 0 Å². The highest BCUT2D eigenvalue weighted by Gasteiger charge is 2.15. The molecule has 0 aliphatic heterocycles. The molecule has 3 heteroatoms. The van der Waals surface area contributed by atoms with Crippen molar-refractivity contribution in [1.29, 1.82) is 0 Å². The van der Waals surface area contributed by atoms with Gasteiger partial charge in [0.05, 0.1) is 5.52 Å². The summed E-state index contributed by atoms with van der Waals surface area (Å²) in [6, 6.07) is 5.33. The Labute approximate surface area is 114 Å². The second kappa shape index (κ2) is 4.97. The lowest BCUT2D eigenvalue weighted by atomic mass is 10.1. The number of rotatable bonds is 3. The van der Waals surface area contributed by atoms with Crippen molar-refractivity contribution in [1.82, 2.24) is 9.88 Å². The molecule has 0 radical (unpaired) electrons. The molecule has 1 aromatic heterocycles. The minimum Gasteiger partial charge on any atom is -0.345 e. The number of hydrogen-bond acceptors (Lipinski definition) is 1. The first-order chi connectivity index (χ1) is 8.81. The predicted octanol–water partition coefficient (Wildman–Crippen LogP) is 3.56. The van der Waals surface area contributed by atoms with Crippen molar-refractivity contribution in [2.24, 2.45) is 7.05 Å². The number of nitrogens with zero attached hydrogens (tertiary/aromatic N) is 1. The van der Waals surface area contributed by atoms with Crippen LogP contribution in [0.15, 0.2) is 18.2 Å². The highest BCUT2D eigenvalue weighted by molar-refractivity contribution is 5.86. The van der Waals surface area contributed by atoms with Crippen molar-refractivity contribution < 1.29 is 4.39 Å². The SMILES string of the molecule is Cc1c(CCNC(C)(C)C)c2cccc(F)c2n1C. The van der Waals surface area contributed by atoms with Gasteiger partial charge < -0.3 is 9.88 Å². The van der Waals surface area contributed by atoms with E-state index in [9.17, 15) is 4.39 Å². The zero-order valence-electron chi connectivity index (χ0n) is 12.5. The largest absolute Gasteiger partial charge is 0.345 e. The molecule has 1 N–H and O–H groups in total. The summed E-state index contributed by atoms with van der Waals surface area (Å²) in [6.45, 7) is 9.43. The average Bonchev–Trinajstić information content (AvgIpc) is 2.54. The molecule has 2 aromatic rings. The van der Waals surface area contributed by atoms with Gasteiger partial charge in [-0.25, -0.2) is 4.39 Å². The molecule has 0 saturated carbocycles. The molecule has 0 aliphatic rings. The van der Waals surface area contributed by atoms with Crippen molar-refractivity contribution in [2.75, 3.05) is 6.54 Å². The third-order valence-electron chi connectivity index (χ3n) is 3.62. The standard InChI is InChI=1S/C16H23FN2/c1-11-12(9-10-18-16(2,3)4)13-7-6-8-14(17)15(13)19(11)5/h6-8,18H,9-10H2,1-5H3. The van der Waals surface area contributed by atoms with Gasteiger partial charge in [-0.2, -0.15) is 0 Å². The van der Waals surface area contributed by atoms with Crippen LogP contribution in [0.1, 0.15) is 32.0 Å². The average molecular weight is 262 g/mol. The first-order valence-corrected chi connectivity index (χ1v) is 6.78. The van der Waals surface area contributed by atoms with Crippen molar-refractivity contribution in [3.63, 3.8) is 0 Å². The van der Waals surface area contributed by atoms with E-state index in [1.807, 2.05) is 17.7 Å². The third-order valence-corrected chi connectivity index (χ3v) is 3.62. The highest BCUT2D eigenvalue weighted by Crippen LogP contribution is 2.27. The van der Waals surface area contributed by atoms with E-state index < -0.39 is 0 Å². The smallest absolute Gasteiger partial charge is 0.147 e. The summed E-state index contributed by atoms with van der Waals surface area (Å²) in [7, 11) is 1.93. The van der Waals surface area contributed by atoms with Gasteiger partial charge in [0.25, 0.3) is 0 Å². The van der Waals surface area contributed by atoms with Crippen LogP contribution in [0.4, 0.5) is 4.39 Å². The van der Waals surface area contributed by atoms with Crippen LogP contribution >= 0.6 is 0 Å². The van der Waals surface area contributed by atoms with Gasteiger partial charge in [0, 0.05) is 23.7 Å². The van der Waals surface area contributed by atoms with Crippen LogP contribution in [-0.4, -0.2) is 16.7 Å². The number of aromatic nitrogens is 1. The maximum Gasteiger partial charge on any atom is 0.147 e. The fourth-order valence-electron chi connectivity index (χ4n) is 2.54. The van der Waals surface area contributed by atoms with Crippen molar-refractivity contribution in [3.05, 3.63) is 35.3 Å². The molecule has 2 rings (SSSR count). The molecule has 0 bridgehead atoms. The molecule has 0 saturated heterocycles. The zero-order valence-corrected chi connectivity index (χ0v) is 12.5. The molecule has 0 spiro atoms. The van der Waals surface area contributed by atoms with Gasteiger partial charge in [-0.3, -0.25) is 0 Å². The number of benzene rings is 1. The number of halogens is 1. The Morgan fingerprint density at radius 3 is 2.58 bits per heavy atom. The Morgan fingerprint density at radius 1 is 1.26 bits per heavy atom. The topological polar surface area (TPSA) is 17.0 Å². The molecule has 19 heavy (non-hydrogen) atoms. The molecule has 2 nitrogen and oxygen atoms in total. The second-order valence-corrected chi connectivity index (χ2v) is 6.19. The Morgan fingerprint density at radius 2 is 1.95 bits per heavy atom. The zero-order chi connectivity index (χ0) is 14.2. The molecule has 0 unspecified atom stereocenters. The Balaban J connectivity index is 2.33. The molecular formula is C16H23FN2. The summed E-state index contributed by atoms with van der Waals surface area (Å²) < 4.78 is 15.9. The van der Waals surface area contributed by atoms with Gasteiger partial charge >= 0.3 is 0 Å². The molecule has 0 fully saturated rings. The quantitative estimate of drug-likeness (QED) is 0.895. The molecule has 0 aliphatic carbocycles. The van der Waals surface area contributed by atoms with E-state index in [2.05, 4.69) is 33.0 Å². The summed E-state index contributed by atoms with van der Waals surface area (Å²) in [4.78, 5) is 0. The minimum atomic E-state index is -0.141. The molecule has 0 amide bonds. The third kappa shape index (κ3) is 2.81. The fraction of sp³-hybridized carbons (Fsp3) is 0.500. The van der Waals surface area contributed by atoms with Gasteiger partial charge in [-0.05, 0) is 52.3 Å². The van der Waals surface area contributed by atoms with Crippen LogP contribution in [0.25, 0.3) is 10.9 Å². The van der Waals surface area contributed by atoms with Gasteiger partial charge in [-0.15, -0.1) is 0 Å². The molecular weight excluding hydrogens is 239 g/mol. The number of fused-ring (bicyclic) bond motifs is 1. The highest BCUT2D eigenvalue weighted by atomic mass is 19.1. The number of nitrogens with one attached hydrogen (secondary N) is 1. The Kier molecular flexibility index (Phi) is 3.68. The van der Waals surface area contributed by atoms with Crippen LogP contribution in [0.2, 0.25) is 0 Å². The minimum absolute atomic E-state index is 0.115. The summed E-state index contributed by atoms with van der Waals surface area (Å²) in [5.74, 6) is -0.141. The first-order valence-electron chi connectivity index (χ1n) is 6.78. The molecule has 1 aromatic carbocycles. The van der Waals surface area contributed by atoms with E-state index in [1.165, 1.54) is 11.6 Å². The lowest BCUT2D eigenvalue weighted by molar-refractivity contribution is 0.429. The van der Waals surface area contributed by atoms with Crippen molar-refractivity contribution in [3.8, 4) is 0 Å². The van der Waals surface area contributed by atoms with E-state index in [1.54, 1.807) is 6.07 Å². The van der Waals surface area contributed by atoms with Gasteiger partial charge in [0.1, 0.15) is 5.82 Å². The normalized spacial score (nSPS) is 12.3. The fourth-order valence-corrected chi connectivity index (χ4v) is 2.54. The van der Waals surface area contributed by atoms with Crippen molar-refractivity contribution in [2.45, 2.75) is 39.7 Å². The van der Waals surface area contributed by atoms with Crippen LogP contribution in [0.3, 0.4) is 0 Å². The van der Waals surface area contributed by atoms with Crippen molar-refractivity contribution >= 4 is 10.9 Å². The summed E-state index contributed by atoms with van der Waals surface area (Å²) >= 11 is 0. The summed E-state index contributed by atoms with van der Waals surface area (Å²) in [5, 5.41) is 4.52. The van der Waals surface area contributed by atoms with Crippen LogP contribution < -0.4 is 5.32 Å². The monoisotopic (exact) mass is 262 g/mol. The van der Waals surface area contributed by atoms with E-state index in [4.69, 9.17) is 0 Å². The number of hydrogen-bond donors (Lipinski definition) is 1. The Bertz CT molecular complexity index is 591. The number of aryl methyl sites for hydroxylation is 1. The van der Waals surface area contributed by atoms with Gasteiger partial charge in [0.15, 0.2) is 0 Å². The van der Waals surface area contributed by atoms with E-state index >= 15 is 0 Å². The lowest BCUT2D eigenvalue weighted by Crippen LogP contribution is -2.37. The number of para-hydroxylation sites is 1. The lowest BCUT2D eigenvalue weighted by Gasteiger charge is -2.20.